The van der Waals surface area contributed by atoms with Gasteiger partial charge >= 0.3 is 0 Å². The van der Waals surface area contributed by atoms with Crippen molar-refractivity contribution < 1.29 is 8.81 Å². The minimum Gasteiger partial charge on any atom is -0.444 e. The fourth-order valence-electron chi connectivity index (χ4n) is 2.35. The first-order chi connectivity index (χ1) is 10.8. The minimum absolute atomic E-state index is 0.228. The van der Waals surface area contributed by atoms with Crippen molar-refractivity contribution in [1.82, 2.24) is 15.0 Å². The maximum atomic E-state index is 13.9. The Kier molecular flexibility index (Phi) is 3.01. The van der Waals surface area contributed by atoms with E-state index in [0.717, 1.165) is 0 Å². The van der Waals surface area contributed by atoms with E-state index >= 15 is 0 Å². The molecule has 0 aliphatic heterocycles. The van der Waals surface area contributed by atoms with Gasteiger partial charge in [-0.25, -0.2) is 19.3 Å². The number of para-hydroxylation sites is 2. The predicted octanol–water partition coefficient (Wildman–Crippen LogP) is 4.32. The molecule has 2 heterocycles. The standard InChI is InChI=1S/C16H9ClFN3O/c17-7-9-8-22-16(19-9)10-3-1-5-12-14(10)21-15-11(18)4-2-6-13(15)20-12/h1-6,8H,7H2. The average Bonchev–Trinajstić information content (AvgIpc) is 3.02. The van der Waals surface area contributed by atoms with Crippen LogP contribution in [0.4, 0.5) is 4.39 Å². The lowest BCUT2D eigenvalue weighted by atomic mass is 10.1. The quantitative estimate of drug-likeness (QED) is 0.408. The summed E-state index contributed by atoms with van der Waals surface area (Å²) in [5, 5.41) is 0. The number of rotatable bonds is 2. The Morgan fingerprint density at radius 1 is 0.955 bits per heavy atom. The van der Waals surface area contributed by atoms with Gasteiger partial charge in [-0.15, -0.1) is 11.6 Å². The van der Waals surface area contributed by atoms with Crippen LogP contribution in [-0.4, -0.2) is 15.0 Å². The van der Waals surface area contributed by atoms with Crippen LogP contribution in [0.5, 0.6) is 0 Å². The molecule has 0 saturated heterocycles. The Balaban J connectivity index is 2.04. The van der Waals surface area contributed by atoms with Crippen LogP contribution < -0.4 is 0 Å². The third-order valence-corrected chi connectivity index (χ3v) is 3.64. The molecule has 108 valence electrons. The molecule has 0 saturated carbocycles. The number of oxazole rings is 1. The van der Waals surface area contributed by atoms with Gasteiger partial charge in [0.05, 0.1) is 28.2 Å². The Hall–Kier alpha value is -2.53. The first-order valence-corrected chi connectivity index (χ1v) is 7.15. The number of alkyl halides is 1. The fraction of sp³-hybridized carbons (Fsp3) is 0.0625. The zero-order valence-electron chi connectivity index (χ0n) is 11.3. The minimum atomic E-state index is -0.407. The van der Waals surface area contributed by atoms with E-state index in [1.54, 1.807) is 12.1 Å². The van der Waals surface area contributed by atoms with E-state index < -0.39 is 5.82 Å². The van der Waals surface area contributed by atoms with Crippen molar-refractivity contribution in [3.8, 4) is 11.5 Å². The summed E-state index contributed by atoms with van der Waals surface area (Å²) >= 11 is 5.74. The normalized spacial score (nSPS) is 11.4. The maximum Gasteiger partial charge on any atom is 0.228 e. The summed E-state index contributed by atoms with van der Waals surface area (Å²) in [6.45, 7) is 0. The summed E-state index contributed by atoms with van der Waals surface area (Å²) in [4.78, 5) is 13.2. The van der Waals surface area contributed by atoms with Gasteiger partial charge in [-0.3, -0.25) is 0 Å². The van der Waals surface area contributed by atoms with Crippen LogP contribution >= 0.6 is 11.6 Å². The van der Waals surface area contributed by atoms with E-state index in [2.05, 4.69) is 15.0 Å². The molecule has 0 fully saturated rings. The molecule has 4 rings (SSSR count). The van der Waals surface area contributed by atoms with Crippen molar-refractivity contribution in [2.75, 3.05) is 0 Å². The van der Waals surface area contributed by atoms with E-state index in [-0.39, 0.29) is 11.4 Å². The van der Waals surface area contributed by atoms with E-state index in [1.807, 2.05) is 18.2 Å². The van der Waals surface area contributed by atoms with Crippen LogP contribution in [0.15, 0.2) is 47.1 Å². The van der Waals surface area contributed by atoms with Crippen molar-refractivity contribution in [2.24, 2.45) is 0 Å². The fourth-order valence-corrected chi connectivity index (χ4v) is 2.47. The molecule has 0 aliphatic carbocycles. The summed E-state index contributed by atoms with van der Waals surface area (Å²) in [7, 11) is 0. The van der Waals surface area contributed by atoms with Crippen molar-refractivity contribution in [3.05, 3.63) is 54.2 Å². The maximum absolute atomic E-state index is 13.9. The zero-order chi connectivity index (χ0) is 15.1. The number of aromatic nitrogens is 3. The predicted molar refractivity (Wildman–Crippen MR) is 82.1 cm³/mol. The highest BCUT2D eigenvalue weighted by atomic mass is 35.5. The van der Waals surface area contributed by atoms with Gasteiger partial charge in [0.1, 0.15) is 17.3 Å². The summed E-state index contributed by atoms with van der Waals surface area (Å²) < 4.78 is 19.4. The van der Waals surface area contributed by atoms with Crippen LogP contribution in [0.25, 0.3) is 33.5 Å². The molecule has 0 amide bonds. The molecule has 6 heteroatoms. The van der Waals surface area contributed by atoms with Gasteiger partial charge in [0.2, 0.25) is 5.89 Å². The molecular weight excluding hydrogens is 305 g/mol. The lowest BCUT2D eigenvalue weighted by molar-refractivity contribution is 0.574. The second-order valence-corrected chi connectivity index (χ2v) is 5.05. The molecule has 2 aromatic carbocycles. The molecule has 0 atom stereocenters. The van der Waals surface area contributed by atoms with E-state index in [0.29, 0.717) is 33.7 Å². The van der Waals surface area contributed by atoms with Crippen molar-refractivity contribution in [2.45, 2.75) is 5.88 Å². The smallest absolute Gasteiger partial charge is 0.228 e. The monoisotopic (exact) mass is 313 g/mol. The van der Waals surface area contributed by atoms with Gasteiger partial charge in [0.15, 0.2) is 5.82 Å². The summed E-state index contributed by atoms with van der Waals surface area (Å²) in [6.07, 6.45) is 1.50. The second-order valence-electron chi connectivity index (χ2n) is 4.78. The lowest BCUT2D eigenvalue weighted by Gasteiger charge is -2.04. The molecule has 0 aliphatic rings. The first-order valence-electron chi connectivity index (χ1n) is 6.62. The van der Waals surface area contributed by atoms with Crippen LogP contribution in [0.1, 0.15) is 5.69 Å². The summed E-state index contributed by atoms with van der Waals surface area (Å²) in [6, 6.07) is 10.2. The molecule has 4 nitrogen and oxygen atoms in total. The Labute approximate surface area is 129 Å². The highest BCUT2D eigenvalue weighted by Gasteiger charge is 2.14. The highest BCUT2D eigenvalue weighted by Crippen LogP contribution is 2.28. The topological polar surface area (TPSA) is 51.8 Å². The SMILES string of the molecule is Fc1cccc2nc3cccc(-c4nc(CCl)co4)c3nc12. The third kappa shape index (κ3) is 2.02. The molecule has 0 radical (unpaired) electrons. The number of halogens is 2. The number of hydrogen-bond acceptors (Lipinski definition) is 4. The van der Waals surface area contributed by atoms with Gasteiger partial charge in [-0.05, 0) is 24.3 Å². The largest absolute Gasteiger partial charge is 0.444 e. The van der Waals surface area contributed by atoms with Crippen LogP contribution in [0.2, 0.25) is 0 Å². The number of hydrogen-bond donors (Lipinski definition) is 0. The van der Waals surface area contributed by atoms with E-state index in [4.69, 9.17) is 16.0 Å². The highest BCUT2D eigenvalue weighted by molar-refractivity contribution is 6.16. The zero-order valence-corrected chi connectivity index (χ0v) is 12.0. The molecule has 0 bridgehead atoms. The Morgan fingerprint density at radius 2 is 1.73 bits per heavy atom. The number of benzene rings is 2. The molecule has 2 aromatic heterocycles. The molecule has 0 unspecified atom stereocenters. The van der Waals surface area contributed by atoms with Crippen LogP contribution in [0, 0.1) is 5.82 Å². The van der Waals surface area contributed by atoms with Crippen molar-refractivity contribution in [3.63, 3.8) is 0 Å². The van der Waals surface area contributed by atoms with Gasteiger partial charge in [-0.1, -0.05) is 12.1 Å². The van der Waals surface area contributed by atoms with E-state index in [9.17, 15) is 4.39 Å². The molecule has 4 aromatic rings. The van der Waals surface area contributed by atoms with Gasteiger partial charge in [0, 0.05) is 0 Å². The lowest BCUT2D eigenvalue weighted by Crippen LogP contribution is -1.92. The van der Waals surface area contributed by atoms with Crippen molar-refractivity contribution >= 4 is 33.7 Å². The Morgan fingerprint density at radius 3 is 2.50 bits per heavy atom. The third-order valence-electron chi connectivity index (χ3n) is 3.36. The second kappa shape index (κ2) is 5.03. The molecular formula is C16H9ClFN3O. The molecule has 22 heavy (non-hydrogen) atoms. The molecule has 0 N–H and O–H groups in total. The van der Waals surface area contributed by atoms with Gasteiger partial charge < -0.3 is 4.42 Å². The van der Waals surface area contributed by atoms with Crippen molar-refractivity contribution in [1.29, 1.82) is 0 Å². The Bertz CT molecular complexity index is 999. The molecule has 0 spiro atoms. The van der Waals surface area contributed by atoms with Gasteiger partial charge in [0.25, 0.3) is 0 Å². The van der Waals surface area contributed by atoms with Crippen LogP contribution in [-0.2, 0) is 5.88 Å². The summed E-state index contributed by atoms with van der Waals surface area (Å²) in [5.41, 5.74) is 3.23. The summed E-state index contributed by atoms with van der Waals surface area (Å²) in [5.74, 6) is 0.249. The first kappa shape index (κ1) is 13.2. The van der Waals surface area contributed by atoms with Gasteiger partial charge in [-0.2, -0.15) is 0 Å². The average molecular weight is 314 g/mol. The number of nitrogens with zero attached hydrogens (tertiary/aromatic N) is 3. The number of fused-ring (bicyclic) bond motifs is 2. The van der Waals surface area contributed by atoms with E-state index in [1.165, 1.54) is 12.3 Å². The van der Waals surface area contributed by atoms with Crippen LogP contribution in [0.3, 0.4) is 0 Å².